The molecule has 1 saturated heterocycles. The van der Waals surface area contributed by atoms with Crippen LogP contribution < -0.4 is 15.2 Å². The van der Waals surface area contributed by atoms with Crippen molar-refractivity contribution in [3.05, 3.63) is 70.0 Å². The number of anilines is 1. The highest BCUT2D eigenvalue weighted by atomic mass is 19.4. The van der Waals surface area contributed by atoms with Crippen molar-refractivity contribution in [2.75, 3.05) is 51.4 Å². The van der Waals surface area contributed by atoms with E-state index in [-0.39, 0.29) is 37.6 Å². The molecule has 0 N–H and O–H groups in total. The van der Waals surface area contributed by atoms with Crippen LogP contribution >= 0.6 is 0 Å². The molecule has 4 heterocycles. The number of methoxy groups -OCH3 is 1. The van der Waals surface area contributed by atoms with E-state index in [9.17, 15) is 22.8 Å². The van der Waals surface area contributed by atoms with Gasteiger partial charge in [0.2, 0.25) is 11.9 Å². The molecule has 13 nitrogen and oxygen atoms in total. The van der Waals surface area contributed by atoms with Crippen LogP contribution in [0.1, 0.15) is 36.2 Å². The first-order valence-corrected chi connectivity index (χ1v) is 14.1. The first-order valence-electron chi connectivity index (χ1n) is 14.1. The van der Waals surface area contributed by atoms with E-state index >= 15 is 0 Å². The Bertz CT molecular complexity index is 1740. The highest BCUT2D eigenvalue weighted by Gasteiger charge is 2.39. The molecular formula is C29H30F3N9O4. The molecule has 0 aliphatic carbocycles. The number of nitrogens with zero attached hydrogens (tertiary/aromatic N) is 9. The number of ether oxygens (including phenoxy) is 2. The van der Waals surface area contributed by atoms with Crippen LogP contribution in [0.5, 0.6) is 5.75 Å². The van der Waals surface area contributed by atoms with Gasteiger partial charge in [-0.25, -0.2) is 14.6 Å². The maximum Gasteiger partial charge on any atom is 0.435 e. The number of halogens is 3. The number of piperazine rings is 1. The van der Waals surface area contributed by atoms with Gasteiger partial charge in [0, 0.05) is 26.2 Å². The number of hydrogen-bond acceptors (Lipinski definition) is 10. The molecule has 1 unspecified atom stereocenters. The second-order valence-electron chi connectivity index (χ2n) is 10.4. The van der Waals surface area contributed by atoms with E-state index in [0.717, 1.165) is 9.36 Å². The normalized spacial score (nSPS) is 14.4. The summed E-state index contributed by atoms with van der Waals surface area (Å²) in [5, 5.41) is 16.2. The topological polar surface area (TPSA) is 144 Å². The smallest absolute Gasteiger partial charge is 0.435 e. The summed E-state index contributed by atoms with van der Waals surface area (Å²) in [6.07, 6.45) is -0.684. The molecule has 3 aromatic heterocycles. The van der Waals surface area contributed by atoms with Gasteiger partial charge < -0.3 is 19.3 Å². The number of benzene rings is 1. The second-order valence-corrected chi connectivity index (χ2v) is 10.4. The molecule has 4 aromatic rings. The number of amides is 1. The Morgan fingerprint density at radius 1 is 1.09 bits per heavy atom. The predicted molar refractivity (Wildman–Crippen MR) is 155 cm³/mol. The molecule has 1 aliphatic heterocycles. The summed E-state index contributed by atoms with van der Waals surface area (Å²) in [6.45, 7) is 3.56. The van der Waals surface area contributed by atoms with Gasteiger partial charge in [-0.05, 0) is 24.6 Å². The van der Waals surface area contributed by atoms with Crippen molar-refractivity contribution in [1.29, 1.82) is 5.26 Å². The summed E-state index contributed by atoms with van der Waals surface area (Å²) in [6, 6.07) is 8.04. The van der Waals surface area contributed by atoms with Crippen molar-refractivity contribution in [3.8, 4) is 11.8 Å². The fourth-order valence-electron chi connectivity index (χ4n) is 4.98. The molecule has 1 aromatic carbocycles. The number of carbonyl (C=O) groups is 1. The standard InChI is InChI=1S/C29H30F3N9O4/c1-19(18-45-12-7-24(42)38-8-10-39(11-9-38)28-34-14-21(13-33)15-35-28)41-23-16-36-40(17-20-3-5-22(44-2)6-4-20)27(43)25(23)26(37-41)29(30,31)32/h3-6,14-16,19H,7-12,17-18H2,1-2H3. The van der Waals surface area contributed by atoms with Crippen LogP contribution in [0.2, 0.25) is 0 Å². The van der Waals surface area contributed by atoms with Crippen LogP contribution in [0, 0.1) is 11.3 Å². The highest BCUT2D eigenvalue weighted by Crippen LogP contribution is 2.33. The predicted octanol–water partition coefficient (Wildman–Crippen LogP) is 2.65. The van der Waals surface area contributed by atoms with Crippen LogP contribution in [0.4, 0.5) is 19.1 Å². The van der Waals surface area contributed by atoms with Crippen molar-refractivity contribution >= 4 is 22.8 Å². The van der Waals surface area contributed by atoms with Crippen molar-refractivity contribution in [2.45, 2.75) is 32.1 Å². The Morgan fingerprint density at radius 3 is 2.40 bits per heavy atom. The molecule has 1 fully saturated rings. The third kappa shape index (κ3) is 7.04. The lowest BCUT2D eigenvalue weighted by Gasteiger charge is -2.34. The summed E-state index contributed by atoms with van der Waals surface area (Å²) in [5.74, 6) is 0.975. The molecule has 5 rings (SSSR count). The number of hydrogen-bond donors (Lipinski definition) is 0. The summed E-state index contributed by atoms with van der Waals surface area (Å²) >= 11 is 0. The Morgan fingerprint density at radius 2 is 1.78 bits per heavy atom. The van der Waals surface area contributed by atoms with Gasteiger partial charge in [0.15, 0.2) is 5.69 Å². The van der Waals surface area contributed by atoms with E-state index in [1.807, 2.05) is 11.0 Å². The minimum Gasteiger partial charge on any atom is -0.497 e. The molecule has 1 aliphatic rings. The number of aromatic nitrogens is 6. The summed E-state index contributed by atoms with van der Waals surface area (Å²) in [7, 11) is 1.51. The van der Waals surface area contributed by atoms with Gasteiger partial charge in [-0.2, -0.15) is 28.6 Å². The third-order valence-corrected chi connectivity index (χ3v) is 7.39. The average molecular weight is 626 g/mol. The van der Waals surface area contributed by atoms with E-state index in [4.69, 9.17) is 14.7 Å². The van der Waals surface area contributed by atoms with Crippen molar-refractivity contribution < 1.29 is 27.4 Å². The van der Waals surface area contributed by atoms with Crippen LogP contribution in [-0.2, 0) is 22.3 Å². The van der Waals surface area contributed by atoms with Crippen molar-refractivity contribution in [1.82, 2.24) is 34.4 Å². The molecule has 0 bridgehead atoms. The molecule has 0 spiro atoms. The molecule has 1 atom stereocenters. The fourth-order valence-corrected chi connectivity index (χ4v) is 4.98. The number of fused-ring (bicyclic) bond motifs is 1. The van der Waals surface area contributed by atoms with E-state index in [1.54, 1.807) is 36.1 Å². The summed E-state index contributed by atoms with van der Waals surface area (Å²) < 4.78 is 54.8. The summed E-state index contributed by atoms with van der Waals surface area (Å²) in [4.78, 5) is 37.9. The zero-order valence-corrected chi connectivity index (χ0v) is 24.6. The third-order valence-electron chi connectivity index (χ3n) is 7.39. The van der Waals surface area contributed by atoms with Gasteiger partial charge in [0.1, 0.15) is 17.2 Å². The first-order chi connectivity index (χ1) is 21.6. The molecular weight excluding hydrogens is 595 g/mol. The zero-order chi connectivity index (χ0) is 32.1. The Kier molecular flexibility index (Phi) is 9.28. The molecule has 236 valence electrons. The fraction of sp³-hybridized carbons (Fsp3) is 0.414. The van der Waals surface area contributed by atoms with E-state index < -0.39 is 28.9 Å². The van der Waals surface area contributed by atoms with E-state index in [0.29, 0.717) is 49.0 Å². The van der Waals surface area contributed by atoms with Crippen molar-refractivity contribution in [3.63, 3.8) is 0 Å². The van der Waals surface area contributed by atoms with Crippen LogP contribution in [-0.4, -0.2) is 86.8 Å². The number of alkyl halides is 3. The molecule has 1 amide bonds. The van der Waals surface area contributed by atoms with E-state index in [1.165, 1.54) is 25.7 Å². The monoisotopic (exact) mass is 625 g/mol. The maximum absolute atomic E-state index is 14.0. The number of nitriles is 1. The maximum atomic E-state index is 14.0. The van der Waals surface area contributed by atoms with Crippen LogP contribution in [0.3, 0.4) is 0 Å². The lowest BCUT2D eigenvalue weighted by molar-refractivity contribution is -0.140. The Labute approximate surface area is 255 Å². The van der Waals surface area contributed by atoms with Gasteiger partial charge in [-0.3, -0.25) is 14.3 Å². The lowest BCUT2D eigenvalue weighted by Crippen LogP contribution is -2.49. The Balaban J connectivity index is 1.19. The first kappa shape index (κ1) is 31.4. The number of carbonyl (C=O) groups excluding carboxylic acids is 1. The molecule has 0 radical (unpaired) electrons. The van der Waals surface area contributed by atoms with Gasteiger partial charge >= 0.3 is 6.18 Å². The molecule has 45 heavy (non-hydrogen) atoms. The zero-order valence-electron chi connectivity index (χ0n) is 24.6. The van der Waals surface area contributed by atoms with Crippen LogP contribution in [0.15, 0.2) is 47.7 Å². The van der Waals surface area contributed by atoms with Crippen LogP contribution in [0.25, 0.3) is 10.9 Å². The minimum absolute atomic E-state index is 0.0355. The Hall–Kier alpha value is -5.04. The van der Waals surface area contributed by atoms with Gasteiger partial charge in [0.05, 0.1) is 69.0 Å². The molecule has 0 saturated carbocycles. The van der Waals surface area contributed by atoms with Crippen molar-refractivity contribution in [2.24, 2.45) is 0 Å². The minimum atomic E-state index is -4.87. The second kappa shape index (κ2) is 13.3. The SMILES string of the molecule is COc1ccc(Cn2ncc3c(c(C(F)(F)F)nn3C(C)COCCC(=O)N3CCN(c4ncc(C#N)cn4)CC3)c2=O)cc1. The van der Waals surface area contributed by atoms with Gasteiger partial charge in [0.25, 0.3) is 5.56 Å². The summed E-state index contributed by atoms with van der Waals surface area (Å²) in [5.41, 5.74) is -1.24. The number of rotatable bonds is 10. The lowest BCUT2D eigenvalue weighted by atomic mass is 10.2. The largest absolute Gasteiger partial charge is 0.497 e. The molecule has 16 heteroatoms. The average Bonchev–Trinajstić information content (AvgIpc) is 3.46. The highest BCUT2D eigenvalue weighted by molar-refractivity contribution is 5.81. The quantitative estimate of drug-likeness (QED) is 0.241. The van der Waals surface area contributed by atoms with E-state index in [2.05, 4.69) is 20.2 Å². The van der Waals surface area contributed by atoms with Gasteiger partial charge in [-0.15, -0.1) is 0 Å². The van der Waals surface area contributed by atoms with Gasteiger partial charge in [-0.1, -0.05) is 12.1 Å².